The van der Waals surface area contributed by atoms with Crippen LogP contribution in [0.5, 0.6) is 0 Å². The molecule has 0 aromatic rings. The number of β-amino-alcohol motifs (C(OH)–C–C–N with tert-alkyl or cyclic N) is 1. The maximum absolute atomic E-state index is 11.1. The smallest absolute Gasteiger partial charge is 0.408 e. The summed E-state index contributed by atoms with van der Waals surface area (Å²) >= 11 is 0. The number of nitrogens with zero attached hydrogens (tertiary/aromatic N) is 1. The summed E-state index contributed by atoms with van der Waals surface area (Å²) < 4.78 is 5.91. The number of hydrogen-bond donors (Lipinski definition) is 3. The van der Waals surface area contributed by atoms with Crippen molar-refractivity contribution < 1.29 is 29.3 Å². The van der Waals surface area contributed by atoms with Gasteiger partial charge in [0, 0.05) is 6.42 Å². The Balaban J connectivity index is 2.80. The predicted molar refractivity (Wildman–Crippen MR) is 78.9 cm³/mol. The molecule has 122 valence electrons. The van der Waals surface area contributed by atoms with E-state index in [9.17, 15) is 14.7 Å². The number of carboxylic acid groups (broad SMARTS) is 2. The number of likely N-dealkylation sites (tertiary alicyclic amines) is 1. The van der Waals surface area contributed by atoms with Crippen LogP contribution in [-0.4, -0.2) is 65.4 Å². The van der Waals surface area contributed by atoms with Crippen LogP contribution in [-0.2, 0) is 9.22 Å². The topological polar surface area (TPSA) is 107 Å². The molecule has 1 heterocycles. The highest BCUT2D eigenvalue weighted by Gasteiger charge is 2.50. The first kappa shape index (κ1) is 17.9. The van der Waals surface area contributed by atoms with E-state index in [2.05, 4.69) is 20.8 Å². The third-order valence-electron chi connectivity index (χ3n) is 4.45. The molecule has 1 amide bonds. The number of amides is 1. The molecular weight excluding hydrogens is 294 g/mol. The molecule has 8 heteroatoms. The lowest BCUT2D eigenvalue weighted by Gasteiger charge is -2.38. The van der Waals surface area contributed by atoms with Crippen molar-refractivity contribution in [3.05, 3.63) is 0 Å². The summed E-state index contributed by atoms with van der Waals surface area (Å²) in [6, 6.07) is -1.23. The SMILES string of the molecule is CC(C)(C)[Si](C)(C)OC[C@]1(O)C[C@@H](C(=O)O)N(C(=O)O)C1. The van der Waals surface area contributed by atoms with Gasteiger partial charge < -0.3 is 19.7 Å². The first-order valence-electron chi connectivity index (χ1n) is 6.88. The average molecular weight is 319 g/mol. The van der Waals surface area contributed by atoms with E-state index >= 15 is 0 Å². The number of hydrogen-bond acceptors (Lipinski definition) is 4. The average Bonchev–Trinajstić information content (AvgIpc) is 2.65. The molecule has 21 heavy (non-hydrogen) atoms. The van der Waals surface area contributed by atoms with Crippen molar-refractivity contribution in [1.29, 1.82) is 0 Å². The van der Waals surface area contributed by atoms with Crippen molar-refractivity contribution in [2.24, 2.45) is 0 Å². The second-order valence-electron chi connectivity index (χ2n) is 7.24. The predicted octanol–water partition coefficient (Wildman–Crippen LogP) is 1.58. The maximum Gasteiger partial charge on any atom is 0.408 e. The Labute approximate surface area is 125 Å². The highest BCUT2D eigenvalue weighted by atomic mass is 28.4. The van der Waals surface area contributed by atoms with Crippen molar-refractivity contribution >= 4 is 20.4 Å². The van der Waals surface area contributed by atoms with Gasteiger partial charge in [0.15, 0.2) is 8.32 Å². The van der Waals surface area contributed by atoms with E-state index in [1.54, 1.807) is 0 Å². The standard InChI is InChI=1S/C13H25NO6Si/c1-12(2,3)21(4,5)20-8-13(19)6-9(10(15)16)14(7-13)11(17)18/h9,19H,6-8H2,1-5H3,(H,15,16)(H,17,18)/t9-,13-/m0/s1. The quantitative estimate of drug-likeness (QED) is 0.679. The fourth-order valence-corrected chi connectivity index (χ4v) is 3.08. The van der Waals surface area contributed by atoms with Gasteiger partial charge >= 0.3 is 12.1 Å². The van der Waals surface area contributed by atoms with Gasteiger partial charge in [0.1, 0.15) is 11.6 Å². The maximum atomic E-state index is 11.1. The van der Waals surface area contributed by atoms with E-state index in [4.69, 9.17) is 14.6 Å². The lowest BCUT2D eigenvalue weighted by molar-refractivity contribution is -0.141. The van der Waals surface area contributed by atoms with Gasteiger partial charge in [-0.3, -0.25) is 4.90 Å². The van der Waals surface area contributed by atoms with Gasteiger partial charge in [-0.05, 0) is 18.1 Å². The van der Waals surface area contributed by atoms with Crippen molar-refractivity contribution in [3.63, 3.8) is 0 Å². The summed E-state index contributed by atoms with van der Waals surface area (Å²) in [5, 5.41) is 28.6. The molecule has 2 atom stereocenters. The summed E-state index contributed by atoms with van der Waals surface area (Å²) in [6.07, 6.45) is -1.49. The van der Waals surface area contributed by atoms with Gasteiger partial charge in [-0.1, -0.05) is 20.8 Å². The van der Waals surface area contributed by atoms with Crippen LogP contribution in [0.1, 0.15) is 27.2 Å². The number of aliphatic carboxylic acids is 1. The number of carbonyl (C=O) groups is 2. The van der Waals surface area contributed by atoms with E-state index in [-0.39, 0.29) is 24.6 Å². The molecule has 0 saturated carbocycles. The second kappa shape index (κ2) is 5.58. The van der Waals surface area contributed by atoms with Crippen LogP contribution in [0.25, 0.3) is 0 Å². The van der Waals surface area contributed by atoms with Gasteiger partial charge in [-0.2, -0.15) is 0 Å². The molecule has 0 aromatic carbocycles. The van der Waals surface area contributed by atoms with Crippen LogP contribution >= 0.6 is 0 Å². The molecule has 3 N–H and O–H groups in total. The number of rotatable bonds is 4. The Bertz CT molecular complexity index is 409. The molecule has 1 aliphatic rings. The van der Waals surface area contributed by atoms with Gasteiger partial charge in [0.25, 0.3) is 0 Å². The van der Waals surface area contributed by atoms with Crippen molar-refractivity contribution in [3.8, 4) is 0 Å². The van der Waals surface area contributed by atoms with Crippen LogP contribution in [0.3, 0.4) is 0 Å². The Morgan fingerprint density at radius 3 is 2.19 bits per heavy atom. The summed E-state index contributed by atoms with van der Waals surface area (Å²) in [5.74, 6) is -1.25. The summed E-state index contributed by atoms with van der Waals surface area (Å²) in [7, 11) is -2.09. The molecule has 0 aliphatic carbocycles. The molecule has 0 bridgehead atoms. The van der Waals surface area contributed by atoms with Crippen LogP contribution in [0.4, 0.5) is 4.79 Å². The van der Waals surface area contributed by atoms with Crippen molar-refractivity contribution in [2.45, 2.75) is 57.0 Å². The zero-order valence-corrected chi connectivity index (χ0v) is 14.2. The molecule has 1 aliphatic heterocycles. The largest absolute Gasteiger partial charge is 0.480 e. The van der Waals surface area contributed by atoms with Crippen LogP contribution in [0, 0.1) is 0 Å². The molecule has 1 saturated heterocycles. The zero-order valence-electron chi connectivity index (χ0n) is 13.2. The third kappa shape index (κ3) is 3.95. The van der Waals surface area contributed by atoms with Crippen molar-refractivity contribution in [1.82, 2.24) is 4.90 Å². The molecule has 0 radical (unpaired) electrons. The molecule has 0 aromatic heterocycles. The Kier molecular flexibility index (Phi) is 4.76. The van der Waals surface area contributed by atoms with Gasteiger partial charge in [0.2, 0.25) is 0 Å². The van der Waals surface area contributed by atoms with E-state index in [1.165, 1.54) is 0 Å². The summed E-state index contributed by atoms with van der Waals surface area (Å²) in [4.78, 5) is 23.0. The van der Waals surface area contributed by atoms with Gasteiger partial charge in [0.05, 0.1) is 13.2 Å². The molecule has 1 rings (SSSR count). The molecule has 1 fully saturated rings. The monoisotopic (exact) mass is 319 g/mol. The highest BCUT2D eigenvalue weighted by Crippen LogP contribution is 2.38. The second-order valence-corrected chi connectivity index (χ2v) is 12.1. The minimum absolute atomic E-state index is 0.0410. The Hall–Kier alpha value is -1.12. The fourth-order valence-electron chi connectivity index (χ4n) is 2.02. The Morgan fingerprint density at radius 2 is 1.86 bits per heavy atom. The van der Waals surface area contributed by atoms with Crippen LogP contribution < -0.4 is 0 Å². The van der Waals surface area contributed by atoms with Crippen LogP contribution in [0.2, 0.25) is 18.1 Å². The minimum atomic E-state index is -2.09. The number of carboxylic acids is 1. The molecule has 0 unspecified atom stereocenters. The third-order valence-corrected chi connectivity index (χ3v) is 8.93. The molecule has 7 nitrogen and oxygen atoms in total. The minimum Gasteiger partial charge on any atom is -0.480 e. The molecule has 0 spiro atoms. The lowest BCUT2D eigenvalue weighted by atomic mass is 10.0. The van der Waals surface area contributed by atoms with E-state index in [0.717, 1.165) is 4.90 Å². The molecular formula is C13H25NO6Si. The van der Waals surface area contributed by atoms with E-state index in [0.29, 0.717) is 0 Å². The number of aliphatic hydroxyl groups is 1. The van der Waals surface area contributed by atoms with Crippen LogP contribution in [0.15, 0.2) is 0 Å². The van der Waals surface area contributed by atoms with Crippen molar-refractivity contribution in [2.75, 3.05) is 13.2 Å². The normalized spacial score (nSPS) is 27.0. The van der Waals surface area contributed by atoms with E-state index in [1.807, 2.05) is 13.1 Å². The highest BCUT2D eigenvalue weighted by molar-refractivity contribution is 6.74. The lowest BCUT2D eigenvalue weighted by Crippen LogP contribution is -2.47. The zero-order chi connectivity index (χ0) is 16.6. The fraction of sp³-hybridized carbons (Fsp3) is 0.846. The summed E-state index contributed by atoms with van der Waals surface area (Å²) in [6.45, 7) is 9.93. The van der Waals surface area contributed by atoms with E-state index < -0.39 is 32.0 Å². The van der Waals surface area contributed by atoms with Gasteiger partial charge in [-0.15, -0.1) is 0 Å². The Morgan fingerprint density at radius 1 is 1.33 bits per heavy atom. The summed E-state index contributed by atoms with van der Waals surface area (Å²) in [5.41, 5.74) is -1.45. The first-order chi connectivity index (χ1) is 9.29. The first-order valence-corrected chi connectivity index (χ1v) is 9.79. The van der Waals surface area contributed by atoms with Gasteiger partial charge in [-0.25, -0.2) is 9.59 Å².